The zero-order valence-corrected chi connectivity index (χ0v) is 10.0. The summed E-state index contributed by atoms with van der Waals surface area (Å²) in [4.78, 5) is 18.3. The van der Waals surface area contributed by atoms with Gasteiger partial charge in [-0.2, -0.15) is 0 Å². The number of pyridine rings is 1. The Hall–Kier alpha value is -1.42. The topological polar surface area (TPSA) is 53.4 Å². The van der Waals surface area contributed by atoms with E-state index in [1.165, 1.54) is 25.7 Å². The average Bonchev–Trinajstić information content (AvgIpc) is 2.42. The van der Waals surface area contributed by atoms with Crippen LogP contribution in [0.25, 0.3) is 0 Å². The van der Waals surface area contributed by atoms with E-state index in [2.05, 4.69) is 4.98 Å². The molecule has 1 amide bonds. The Bertz CT molecular complexity index is 366. The lowest BCUT2D eigenvalue weighted by atomic mass is 9.79. The van der Waals surface area contributed by atoms with Crippen LogP contribution in [0, 0.1) is 0 Å². The lowest BCUT2D eigenvalue weighted by Crippen LogP contribution is -2.61. The van der Waals surface area contributed by atoms with Crippen molar-refractivity contribution in [2.24, 2.45) is 0 Å². The fourth-order valence-corrected chi connectivity index (χ4v) is 2.76. The Balaban J connectivity index is 0.000000514. The maximum Gasteiger partial charge on any atom is 0.272 e. The fraction of sp³-hybridized carbons (Fsp3) is 0.538. The number of aliphatic hydroxyl groups is 1. The van der Waals surface area contributed by atoms with Gasteiger partial charge in [0.15, 0.2) is 0 Å². The molecule has 1 aromatic rings. The van der Waals surface area contributed by atoms with Gasteiger partial charge in [-0.05, 0) is 37.8 Å². The smallest absolute Gasteiger partial charge is 0.272 e. The summed E-state index contributed by atoms with van der Waals surface area (Å²) in [6.07, 6.45) is 6.52. The van der Waals surface area contributed by atoms with Crippen LogP contribution in [0.2, 0.25) is 0 Å². The molecule has 0 spiro atoms. The predicted octanol–water partition coefficient (Wildman–Crippen LogP) is 1.46. The van der Waals surface area contributed by atoms with Gasteiger partial charge in [0, 0.05) is 25.4 Å². The molecule has 3 rings (SSSR count). The van der Waals surface area contributed by atoms with Crippen molar-refractivity contribution in [3.05, 3.63) is 30.1 Å². The van der Waals surface area contributed by atoms with E-state index in [-0.39, 0.29) is 5.91 Å². The Morgan fingerprint density at radius 2 is 2.06 bits per heavy atom. The van der Waals surface area contributed by atoms with Gasteiger partial charge in [-0.15, -0.1) is 0 Å². The lowest BCUT2D eigenvalue weighted by molar-refractivity contribution is -0.0121. The van der Waals surface area contributed by atoms with Crippen molar-refractivity contribution < 1.29 is 9.90 Å². The summed E-state index contributed by atoms with van der Waals surface area (Å²) in [5.74, 6) is 0.122. The van der Waals surface area contributed by atoms with E-state index in [9.17, 15) is 4.79 Å². The zero-order chi connectivity index (χ0) is 12.3. The molecule has 4 nitrogen and oxygen atoms in total. The van der Waals surface area contributed by atoms with Crippen molar-refractivity contribution in [2.45, 2.75) is 37.8 Å². The molecule has 2 aliphatic heterocycles. The average molecular weight is 234 g/mol. The predicted molar refractivity (Wildman–Crippen MR) is 64.6 cm³/mol. The molecule has 4 heteroatoms. The van der Waals surface area contributed by atoms with Crippen LogP contribution in [-0.4, -0.2) is 40.1 Å². The summed E-state index contributed by atoms with van der Waals surface area (Å²) >= 11 is 0. The van der Waals surface area contributed by atoms with E-state index in [1.807, 2.05) is 17.0 Å². The first-order chi connectivity index (χ1) is 8.36. The third-order valence-corrected chi connectivity index (χ3v) is 3.52. The van der Waals surface area contributed by atoms with Crippen molar-refractivity contribution in [1.82, 2.24) is 9.88 Å². The Morgan fingerprint density at radius 3 is 2.59 bits per heavy atom. The molecule has 2 bridgehead atoms. The number of aromatic nitrogens is 1. The van der Waals surface area contributed by atoms with Gasteiger partial charge in [-0.3, -0.25) is 9.78 Å². The van der Waals surface area contributed by atoms with Crippen molar-refractivity contribution in [3.63, 3.8) is 0 Å². The molecular weight excluding hydrogens is 216 g/mol. The van der Waals surface area contributed by atoms with Crippen LogP contribution < -0.4 is 0 Å². The number of piperidine rings is 1. The van der Waals surface area contributed by atoms with Crippen LogP contribution in [0.4, 0.5) is 0 Å². The minimum Gasteiger partial charge on any atom is -0.400 e. The molecule has 1 N–H and O–H groups in total. The number of hydrogen-bond acceptors (Lipinski definition) is 3. The quantitative estimate of drug-likeness (QED) is 0.800. The number of carbonyl (C=O) groups is 1. The third-order valence-electron chi connectivity index (χ3n) is 3.52. The van der Waals surface area contributed by atoms with Crippen LogP contribution in [-0.2, 0) is 0 Å². The zero-order valence-electron chi connectivity index (χ0n) is 10.0. The highest BCUT2D eigenvalue weighted by Crippen LogP contribution is 2.38. The second-order valence-corrected chi connectivity index (χ2v) is 4.40. The maximum atomic E-state index is 12.1. The highest BCUT2D eigenvalue weighted by Gasteiger charge is 2.44. The number of rotatable bonds is 1. The highest BCUT2D eigenvalue weighted by atomic mass is 16.2. The monoisotopic (exact) mass is 234 g/mol. The van der Waals surface area contributed by atoms with Gasteiger partial charge in [0.1, 0.15) is 5.69 Å². The first-order valence-electron chi connectivity index (χ1n) is 6.04. The molecule has 0 aromatic carbocycles. The van der Waals surface area contributed by atoms with Crippen molar-refractivity contribution in [1.29, 1.82) is 0 Å². The van der Waals surface area contributed by atoms with E-state index in [1.54, 1.807) is 12.3 Å². The lowest BCUT2D eigenvalue weighted by Gasteiger charge is -2.52. The largest absolute Gasteiger partial charge is 0.400 e. The molecule has 1 aromatic heterocycles. The molecule has 3 heterocycles. The third kappa shape index (κ3) is 2.17. The van der Waals surface area contributed by atoms with E-state index in [0.29, 0.717) is 17.8 Å². The van der Waals surface area contributed by atoms with E-state index < -0.39 is 0 Å². The molecule has 2 fully saturated rings. The Morgan fingerprint density at radius 1 is 1.35 bits per heavy atom. The molecular formula is C13H18N2O2. The first kappa shape index (κ1) is 12.0. The molecule has 2 saturated heterocycles. The van der Waals surface area contributed by atoms with E-state index in [0.717, 1.165) is 7.11 Å². The Labute approximate surface area is 101 Å². The summed E-state index contributed by atoms with van der Waals surface area (Å²) < 4.78 is 0. The van der Waals surface area contributed by atoms with Crippen LogP contribution in [0.5, 0.6) is 0 Å². The Kier molecular flexibility index (Phi) is 3.74. The van der Waals surface area contributed by atoms with Gasteiger partial charge >= 0.3 is 0 Å². The second-order valence-electron chi connectivity index (χ2n) is 4.40. The molecule has 2 unspecified atom stereocenters. The van der Waals surface area contributed by atoms with Gasteiger partial charge in [-0.25, -0.2) is 0 Å². The summed E-state index contributed by atoms with van der Waals surface area (Å²) in [6.45, 7) is 0. The summed E-state index contributed by atoms with van der Waals surface area (Å²) in [6, 6.07) is 6.51. The molecule has 0 saturated carbocycles. The molecule has 0 aliphatic carbocycles. The minimum absolute atomic E-state index is 0.122. The first-order valence-corrected chi connectivity index (χ1v) is 6.04. The van der Waals surface area contributed by atoms with Gasteiger partial charge in [0.05, 0.1) is 0 Å². The molecule has 2 aliphatic rings. The number of hydrogen-bond donors (Lipinski definition) is 1. The van der Waals surface area contributed by atoms with Gasteiger partial charge in [0.2, 0.25) is 0 Å². The van der Waals surface area contributed by atoms with E-state index in [4.69, 9.17) is 5.11 Å². The second kappa shape index (κ2) is 5.27. The highest BCUT2D eigenvalue weighted by molar-refractivity contribution is 5.93. The number of nitrogens with zero attached hydrogens (tertiary/aromatic N) is 2. The summed E-state index contributed by atoms with van der Waals surface area (Å²) in [5, 5.41) is 7.00. The van der Waals surface area contributed by atoms with Crippen LogP contribution in [0.3, 0.4) is 0 Å². The normalized spacial score (nSPS) is 25.4. The van der Waals surface area contributed by atoms with Crippen molar-refractivity contribution in [2.75, 3.05) is 7.11 Å². The van der Waals surface area contributed by atoms with Crippen LogP contribution in [0.1, 0.15) is 36.2 Å². The van der Waals surface area contributed by atoms with Crippen LogP contribution in [0.15, 0.2) is 24.4 Å². The number of amides is 1. The van der Waals surface area contributed by atoms with E-state index >= 15 is 0 Å². The standard InChI is InChI=1S/C12H14N2O.CH4O/c15-12(11-6-1-2-7-13-11)14-9-4-3-5-10(14)8-9;1-2/h1-2,6-7,9-10H,3-5,8H2;2H,1H3. The van der Waals surface area contributed by atoms with Crippen molar-refractivity contribution in [3.8, 4) is 0 Å². The summed E-state index contributed by atoms with van der Waals surface area (Å²) in [7, 11) is 1.00. The number of carbonyl (C=O) groups excluding carboxylic acids is 1. The molecule has 2 atom stereocenters. The number of aliphatic hydroxyl groups excluding tert-OH is 1. The van der Waals surface area contributed by atoms with Gasteiger partial charge in [-0.1, -0.05) is 6.07 Å². The maximum absolute atomic E-state index is 12.1. The molecule has 92 valence electrons. The number of fused-ring (bicyclic) bond motifs is 2. The van der Waals surface area contributed by atoms with Crippen molar-refractivity contribution >= 4 is 5.91 Å². The van der Waals surface area contributed by atoms with Gasteiger partial charge < -0.3 is 10.0 Å². The molecule has 0 radical (unpaired) electrons. The minimum atomic E-state index is 0.122. The SMILES string of the molecule is CO.O=C(c1ccccn1)N1C2CCCC1C2. The molecule has 17 heavy (non-hydrogen) atoms. The van der Waals surface area contributed by atoms with Gasteiger partial charge in [0.25, 0.3) is 5.91 Å². The van der Waals surface area contributed by atoms with Crippen LogP contribution >= 0.6 is 0 Å². The summed E-state index contributed by atoms with van der Waals surface area (Å²) in [5.41, 5.74) is 0.592. The fourth-order valence-electron chi connectivity index (χ4n) is 2.76.